The van der Waals surface area contributed by atoms with Crippen LogP contribution in [0, 0.1) is 0 Å². The van der Waals surface area contributed by atoms with Gasteiger partial charge in [-0.25, -0.2) is 10.8 Å². The van der Waals surface area contributed by atoms with Gasteiger partial charge in [0.2, 0.25) is 0 Å². The number of nitrogen functional groups attached to an aromatic ring is 1. The van der Waals surface area contributed by atoms with Crippen molar-refractivity contribution in [1.82, 2.24) is 10.3 Å². The summed E-state index contributed by atoms with van der Waals surface area (Å²) >= 11 is 9.30. The Labute approximate surface area is 129 Å². The maximum Gasteiger partial charge on any atom is 0.255 e. The third-order valence-corrected chi connectivity index (χ3v) is 3.44. The number of anilines is 1. The number of amides is 1. The Hall–Kier alpha value is -1.63. The topological polar surface area (TPSA) is 80.0 Å². The smallest absolute Gasteiger partial charge is 0.255 e. The van der Waals surface area contributed by atoms with Crippen molar-refractivity contribution in [2.24, 2.45) is 5.84 Å². The lowest BCUT2D eigenvalue weighted by atomic mass is 10.2. The van der Waals surface area contributed by atoms with Crippen LogP contribution in [0.15, 0.2) is 41.0 Å². The minimum atomic E-state index is -0.285. The molecular weight excluding hydrogens is 344 g/mol. The molecule has 2 aromatic rings. The molecular formula is C13H12BrClN4O. The largest absolute Gasteiger partial charge is 0.348 e. The van der Waals surface area contributed by atoms with E-state index in [2.05, 4.69) is 31.7 Å². The van der Waals surface area contributed by atoms with Crippen molar-refractivity contribution in [2.45, 2.75) is 6.54 Å². The van der Waals surface area contributed by atoms with Gasteiger partial charge in [0.25, 0.3) is 5.91 Å². The second kappa shape index (κ2) is 6.69. The number of nitrogens with two attached hydrogens (primary N) is 1. The molecule has 0 saturated carbocycles. The number of rotatable bonds is 4. The van der Waals surface area contributed by atoms with Gasteiger partial charge < -0.3 is 10.7 Å². The summed E-state index contributed by atoms with van der Waals surface area (Å²) in [6, 6.07) is 8.97. The fourth-order valence-corrected chi connectivity index (χ4v) is 2.17. The number of pyridine rings is 1. The van der Waals surface area contributed by atoms with E-state index in [4.69, 9.17) is 17.4 Å². The van der Waals surface area contributed by atoms with Crippen LogP contribution in [0.2, 0.25) is 5.02 Å². The van der Waals surface area contributed by atoms with Gasteiger partial charge in [0, 0.05) is 22.2 Å². The van der Waals surface area contributed by atoms with Crippen molar-refractivity contribution >= 4 is 39.3 Å². The molecule has 0 aliphatic carbocycles. The molecule has 0 bridgehead atoms. The van der Waals surface area contributed by atoms with Gasteiger partial charge in [-0.05, 0) is 33.6 Å². The first kappa shape index (κ1) is 14.8. The number of hydrogen-bond acceptors (Lipinski definition) is 4. The van der Waals surface area contributed by atoms with Crippen LogP contribution in [0.25, 0.3) is 0 Å². The van der Waals surface area contributed by atoms with E-state index in [1.807, 2.05) is 18.2 Å². The summed E-state index contributed by atoms with van der Waals surface area (Å²) in [7, 11) is 0. The first-order valence-electron chi connectivity index (χ1n) is 5.75. The van der Waals surface area contributed by atoms with E-state index >= 15 is 0 Å². The van der Waals surface area contributed by atoms with E-state index in [0.29, 0.717) is 27.4 Å². The molecule has 0 saturated heterocycles. The SMILES string of the molecule is NNc1ncc(Br)cc1C(=O)NCc1ccccc1Cl. The quantitative estimate of drug-likeness (QED) is 0.582. The summed E-state index contributed by atoms with van der Waals surface area (Å²) in [6.45, 7) is 0.328. The van der Waals surface area contributed by atoms with Crippen molar-refractivity contribution in [1.29, 1.82) is 0 Å². The monoisotopic (exact) mass is 354 g/mol. The van der Waals surface area contributed by atoms with Crippen LogP contribution in [0.3, 0.4) is 0 Å². The van der Waals surface area contributed by atoms with Crippen LogP contribution in [0.5, 0.6) is 0 Å². The van der Waals surface area contributed by atoms with Crippen molar-refractivity contribution < 1.29 is 4.79 Å². The Kier molecular flexibility index (Phi) is 4.94. The number of carbonyl (C=O) groups is 1. The number of halogens is 2. The van der Waals surface area contributed by atoms with E-state index in [-0.39, 0.29) is 5.91 Å². The van der Waals surface area contributed by atoms with Crippen LogP contribution >= 0.6 is 27.5 Å². The molecule has 0 unspecified atom stereocenters. The molecule has 104 valence electrons. The van der Waals surface area contributed by atoms with Crippen LogP contribution < -0.4 is 16.6 Å². The maximum absolute atomic E-state index is 12.2. The average molecular weight is 356 g/mol. The van der Waals surface area contributed by atoms with Crippen molar-refractivity contribution in [2.75, 3.05) is 5.43 Å². The lowest BCUT2D eigenvalue weighted by Crippen LogP contribution is -2.25. The number of nitrogens with zero attached hydrogens (tertiary/aromatic N) is 1. The number of benzene rings is 1. The van der Waals surface area contributed by atoms with Gasteiger partial charge in [0.15, 0.2) is 5.82 Å². The zero-order valence-corrected chi connectivity index (χ0v) is 12.7. The highest BCUT2D eigenvalue weighted by Gasteiger charge is 2.13. The lowest BCUT2D eigenvalue weighted by Gasteiger charge is -2.10. The van der Waals surface area contributed by atoms with E-state index in [1.165, 1.54) is 0 Å². The van der Waals surface area contributed by atoms with Crippen LogP contribution in [-0.4, -0.2) is 10.9 Å². The summed E-state index contributed by atoms with van der Waals surface area (Å²) in [5.74, 6) is 5.37. The summed E-state index contributed by atoms with van der Waals surface area (Å²) in [6.07, 6.45) is 1.56. The molecule has 1 heterocycles. The molecule has 1 aromatic carbocycles. The van der Waals surface area contributed by atoms with Crippen LogP contribution in [-0.2, 0) is 6.54 Å². The highest BCUT2D eigenvalue weighted by Crippen LogP contribution is 2.18. The Bertz CT molecular complexity index is 636. The summed E-state index contributed by atoms with van der Waals surface area (Å²) in [4.78, 5) is 16.2. The van der Waals surface area contributed by atoms with Gasteiger partial charge in [0.05, 0.1) is 5.56 Å². The number of nitrogens with one attached hydrogen (secondary N) is 2. The Morgan fingerprint density at radius 1 is 1.40 bits per heavy atom. The molecule has 0 aliphatic rings. The summed E-state index contributed by atoms with van der Waals surface area (Å²) in [5.41, 5.74) is 3.59. The van der Waals surface area contributed by atoms with E-state index in [1.54, 1.807) is 18.3 Å². The molecule has 20 heavy (non-hydrogen) atoms. The normalized spacial score (nSPS) is 10.2. The average Bonchev–Trinajstić information content (AvgIpc) is 2.46. The van der Waals surface area contributed by atoms with Crippen molar-refractivity contribution in [3.63, 3.8) is 0 Å². The number of aromatic nitrogens is 1. The van der Waals surface area contributed by atoms with Crippen molar-refractivity contribution in [3.8, 4) is 0 Å². The summed E-state index contributed by atoms with van der Waals surface area (Å²) in [5, 5.41) is 3.39. The molecule has 1 aromatic heterocycles. The molecule has 5 nitrogen and oxygen atoms in total. The Morgan fingerprint density at radius 2 is 2.15 bits per heavy atom. The minimum Gasteiger partial charge on any atom is -0.348 e. The first-order chi connectivity index (χ1) is 9.61. The molecule has 1 amide bonds. The van der Waals surface area contributed by atoms with Crippen LogP contribution in [0.4, 0.5) is 5.82 Å². The third-order valence-electron chi connectivity index (χ3n) is 2.63. The van der Waals surface area contributed by atoms with Gasteiger partial charge in [-0.15, -0.1) is 0 Å². The van der Waals surface area contributed by atoms with E-state index in [9.17, 15) is 4.79 Å². The number of hydrogen-bond donors (Lipinski definition) is 3. The molecule has 0 radical (unpaired) electrons. The molecule has 0 atom stereocenters. The second-order valence-electron chi connectivity index (χ2n) is 3.97. The predicted octanol–water partition coefficient (Wildman–Crippen LogP) is 2.71. The fourth-order valence-electron chi connectivity index (χ4n) is 1.64. The fraction of sp³-hybridized carbons (Fsp3) is 0.0769. The number of carbonyl (C=O) groups excluding carboxylic acids is 1. The second-order valence-corrected chi connectivity index (χ2v) is 5.29. The third kappa shape index (κ3) is 3.47. The zero-order valence-electron chi connectivity index (χ0n) is 10.4. The molecule has 7 heteroatoms. The highest BCUT2D eigenvalue weighted by molar-refractivity contribution is 9.10. The van der Waals surface area contributed by atoms with E-state index in [0.717, 1.165) is 5.56 Å². The van der Waals surface area contributed by atoms with Gasteiger partial charge in [-0.1, -0.05) is 29.8 Å². The summed E-state index contributed by atoms with van der Waals surface area (Å²) < 4.78 is 0.694. The predicted molar refractivity (Wildman–Crippen MR) is 82.4 cm³/mol. The van der Waals surface area contributed by atoms with Crippen molar-refractivity contribution in [3.05, 3.63) is 57.2 Å². The molecule has 4 N–H and O–H groups in total. The van der Waals surface area contributed by atoms with E-state index < -0.39 is 0 Å². The van der Waals surface area contributed by atoms with Gasteiger partial charge in [-0.3, -0.25) is 4.79 Å². The maximum atomic E-state index is 12.2. The van der Waals surface area contributed by atoms with Gasteiger partial charge in [-0.2, -0.15) is 0 Å². The number of hydrazine groups is 1. The Balaban J connectivity index is 2.13. The van der Waals surface area contributed by atoms with Crippen LogP contribution in [0.1, 0.15) is 15.9 Å². The highest BCUT2D eigenvalue weighted by atomic mass is 79.9. The molecule has 0 spiro atoms. The molecule has 0 aliphatic heterocycles. The molecule has 2 rings (SSSR count). The van der Waals surface area contributed by atoms with Gasteiger partial charge >= 0.3 is 0 Å². The standard InChI is InChI=1S/C13H12BrClN4O/c14-9-5-10(12(19-16)17-7-9)13(20)18-6-8-3-1-2-4-11(8)15/h1-5,7H,6,16H2,(H,17,19)(H,18,20). The molecule has 0 fully saturated rings. The zero-order chi connectivity index (χ0) is 14.5. The first-order valence-corrected chi connectivity index (χ1v) is 6.92. The minimum absolute atomic E-state index is 0.285. The Morgan fingerprint density at radius 3 is 2.85 bits per heavy atom. The lowest BCUT2D eigenvalue weighted by molar-refractivity contribution is 0.0951. The van der Waals surface area contributed by atoms with Gasteiger partial charge in [0.1, 0.15) is 0 Å².